The number of thioether (sulfide) groups is 1. The lowest BCUT2D eigenvalue weighted by Gasteiger charge is -2.39. The quantitative estimate of drug-likeness (QED) is 0.331. The van der Waals surface area contributed by atoms with E-state index in [1.165, 1.54) is 23.5 Å². The maximum absolute atomic E-state index is 13.4. The minimum Gasteiger partial charge on any atom is -0.339 e. The Labute approximate surface area is 209 Å². The van der Waals surface area contributed by atoms with Crippen molar-refractivity contribution >= 4 is 46.4 Å². The molecule has 1 saturated heterocycles. The van der Waals surface area contributed by atoms with Crippen molar-refractivity contribution in [2.45, 2.75) is 22.1 Å². The SMILES string of the molecule is O=C1CC(c2ccsc2)(c2cccc(-c3ccc(F)cc3)n2)NC(=O)C1Sc1ccccc1Cl. The zero-order valence-electron chi connectivity index (χ0n) is 17.7. The third-order valence-corrected chi connectivity index (χ3v) is 8.18. The molecule has 0 saturated carbocycles. The smallest absolute Gasteiger partial charge is 0.242 e. The Morgan fingerprint density at radius 1 is 1.03 bits per heavy atom. The lowest BCUT2D eigenvalue weighted by molar-refractivity contribution is -0.133. The summed E-state index contributed by atoms with van der Waals surface area (Å²) in [6.45, 7) is 0. The molecule has 1 fully saturated rings. The summed E-state index contributed by atoms with van der Waals surface area (Å²) in [4.78, 5) is 32.2. The fraction of sp³-hybridized carbons (Fsp3) is 0.115. The van der Waals surface area contributed by atoms with E-state index in [9.17, 15) is 14.0 Å². The van der Waals surface area contributed by atoms with Gasteiger partial charge in [0.15, 0.2) is 5.78 Å². The topological polar surface area (TPSA) is 59.1 Å². The van der Waals surface area contributed by atoms with Gasteiger partial charge >= 0.3 is 0 Å². The lowest BCUT2D eigenvalue weighted by atomic mass is 9.79. The number of halogens is 2. The summed E-state index contributed by atoms with van der Waals surface area (Å²) in [5.74, 6) is -0.919. The van der Waals surface area contributed by atoms with Gasteiger partial charge in [-0.1, -0.05) is 29.8 Å². The summed E-state index contributed by atoms with van der Waals surface area (Å²) in [7, 11) is 0. The molecule has 4 aromatic rings. The molecule has 0 radical (unpaired) electrons. The van der Waals surface area contributed by atoms with Gasteiger partial charge < -0.3 is 5.32 Å². The molecular formula is C26H18ClFN2O2S2. The number of thiophene rings is 1. The molecule has 34 heavy (non-hydrogen) atoms. The molecule has 1 aliphatic rings. The van der Waals surface area contributed by atoms with Crippen LogP contribution in [0.2, 0.25) is 5.02 Å². The van der Waals surface area contributed by atoms with E-state index in [4.69, 9.17) is 16.6 Å². The van der Waals surface area contributed by atoms with Crippen molar-refractivity contribution in [3.05, 3.63) is 106 Å². The zero-order chi connectivity index (χ0) is 23.7. The predicted octanol–water partition coefficient (Wildman–Crippen LogP) is 6.10. The van der Waals surface area contributed by atoms with Gasteiger partial charge in [0.1, 0.15) is 16.6 Å². The Hall–Kier alpha value is -3.00. The van der Waals surface area contributed by atoms with Gasteiger partial charge in [0.2, 0.25) is 5.91 Å². The van der Waals surface area contributed by atoms with Gasteiger partial charge in [-0.25, -0.2) is 9.37 Å². The number of hydrogen-bond donors (Lipinski definition) is 1. The van der Waals surface area contributed by atoms with Crippen LogP contribution in [0.15, 0.2) is 88.5 Å². The average molecular weight is 509 g/mol. The normalized spacial score (nSPS) is 20.2. The van der Waals surface area contributed by atoms with Crippen LogP contribution in [0.25, 0.3) is 11.3 Å². The highest BCUT2D eigenvalue weighted by Crippen LogP contribution is 2.41. The van der Waals surface area contributed by atoms with E-state index in [0.717, 1.165) is 22.9 Å². The molecule has 0 spiro atoms. The van der Waals surface area contributed by atoms with Crippen LogP contribution in [0.5, 0.6) is 0 Å². The molecule has 2 atom stereocenters. The van der Waals surface area contributed by atoms with E-state index in [2.05, 4.69) is 5.32 Å². The van der Waals surface area contributed by atoms with E-state index in [1.807, 2.05) is 35.0 Å². The predicted molar refractivity (Wildman–Crippen MR) is 134 cm³/mol. The first-order valence-corrected chi connectivity index (χ1v) is 12.7. The van der Waals surface area contributed by atoms with Gasteiger partial charge in [-0.15, -0.1) is 11.8 Å². The number of benzene rings is 2. The van der Waals surface area contributed by atoms with Crippen LogP contribution < -0.4 is 5.32 Å². The van der Waals surface area contributed by atoms with E-state index in [1.54, 1.807) is 36.4 Å². The number of nitrogens with zero attached hydrogens (tertiary/aromatic N) is 1. The van der Waals surface area contributed by atoms with Crippen molar-refractivity contribution in [3.63, 3.8) is 0 Å². The number of pyridine rings is 1. The largest absolute Gasteiger partial charge is 0.339 e. The average Bonchev–Trinajstić information content (AvgIpc) is 3.39. The van der Waals surface area contributed by atoms with Crippen LogP contribution in [-0.4, -0.2) is 21.9 Å². The number of hydrogen-bond acceptors (Lipinski definition) is 5. The molecule has 170 valence electrons. The minimum absolute atomic E-state index is 0.0530. The number of amides is 1. The first-order chi connectivity index (χ1) is 16.5. The highest BCUT2D eigenvalue weighted by Gasteiger charge is 2.48. The highest BCUT2D eigenvalue weighted by molar-refractivity contribution is 8.01. The summed E-state index contributed by atoms with van der Waals surface area (Å²) < 4.78 is 13.4. The van der Waals surface area contributed by atoms with Crippen molar-refractivity contribution in [1.82, 2.24) is 10.3 Å². The van der Waals surface area contributed by atoms with Crippen molar-refractivity contribution in [2.24, 2.45) is 0 Å². The van der Waals surface area contributed by atoms with Gasteiger partial charge in [-0.05, 0) is 70.9 Å². The second kappa shape index (κ2) is 9.33. The Balaban J connectivity index is 1.53. The number of piperidine rings is 1. The van der Waals surface area contributed by atoms with Crippen molar-refractivity contribution < 1.29 is 14.0 Å². The summed E-state index contributed by atoms with van der Waals surface area (Å²) in [5, 5.41) is 6.53. The molecule has 1 amide bonds. The first kappa shape index (κ1) is 22.8. The lowest BCUT2D eigenvalue weighted by Crippen LogP contribution is -2.58. The Bertz CT molecular complexity index is 1340. The van der Waals surface area contributed by atoms with Crippen LogP contribution in [-0.2, 0) is 15.1 Å². The number of rotatable bonds is 5. The first-order valence-electron chi connectivity index (χ1n) is 10.5. The molecule has 4 nitrogen and oxygen atoms in total. The molecule has 2 aromatic carbocycles. The van der Waals surface area contributed by atoms with Gasteiger partial charge in [0.05, 0.1) is 16.4 Å². The third-order valence-electron chi connectivity index (χ3n) is 5.73. The molecule has 0 aliphatic carbocycles. The number of carbonyl (C=O) groups excluding carboxylic acids is 2. The number of nitrogens with one attached hydrogen (secondary N) is 1. The van der Waals surface area contributed by atoms with Crippen molar-refractivity contribution in [3.8, 4) is 11.3 Å². The van der Waals surface area contributed by atoms with Crippen LogP contribution in [0, 0.1) is 5.82 Å². The molecule has 8 heteroatoms. The van der Waals surface area contributed by atoms with Crippen LogP contribution in [0.3, 0.4) is 0 Å². The maximum Gasteiger partial charge on any atom is 0.242 e. The van der Waals surface area contributed by atoms with Crippen molar-refractivity contribution in [1.29, 1.82) is 0 Å². The van der Waals surface area contributed by atoms with Crippen LogP contribution >= 0.6 is 34.7 Å². The molecule has 0 bridgehead atoms. The second-order valence-electron chi connectivity index (χ2n) is 7.89. The molecule has 1 aliphatic heterocycles. The van der Waals surface area contributed by atoms with Gasteiger partial charge in [0, 0.05) is 16.9 Å². The summed E-state index contributed by atoms with van der Waals surface area (Å²) >= 11 is 8.90. The maximum atomic E-state index is 13.4. The van der Waals surface area contributed by atoms with Gasteiger partial charge in [0.25, 0.3) is 0 Å². The molecule has 2 aromatic heterocycles. The zero-order valence-corrected chi connectivity index (χ0v) is 20.1. The number of carbonyl (C=O) groups is 2. The van der Waals surface area contributed by atoms with Gasteiger partial charge in [-0.2, -0.15) is 11.3 Å². The summed E-state index contributed by atoms with van der Waals surface area (Å²) in [6.07, 6.45) is 0.0530. The summed E-state index contributed by atoms with van der Waals surface area (Å²) in [6, 6.07) is 20.6. The summed E-state index contributed by atoms with van der Waals surface area (Å²) in [5.41, 5.74) is 1.62. The molecule has 5 rings (SSSR count). The van der Waals surface area contributed by atoms with Crippen LogP contribution in [0.1, 0.15) is 17.7 Å². The van der Waals surface area contributed by atoms with Crippen molar-refractivity contribution in [2.75, 3.05) is 0 Å². The van der Waals surface area contributed by atoms with E-state index >= 15 is 0 Å². The highest BCUT2D eigenvalue weighted by atomic mass is 35.5. The minimum atomic E-state index is -1.10. The van der Waals surface area contributed by atoms with E-state index in [0.29, 0.717) is 21.3 Å². The standard InChI is InChI=1S/C26H18ClFN2O2S2/c27-19-4-1-2-6-22(19)34-24-21(31)14-26(30-25(24)32,17-12-13-33-15-17)23-7-3-5-20(29-23)16-8-10-18(28)11-9-16/h1-13,15,24H,14H2,(H,30,32). The number of aromatic nitrogens is 1. The second-order valence-corrected chi connectivity index (χ2v) is 10.2. The molecular weight excluding hydrogens is 491 g/mol. The Kier molecular flexibility index (Phi) is 6.25. The van der Waals surface area contributed by atoms with Gasteiger partial charge in [-0.3, -0.25) is 9.59 Å². The fourth-order valence-corrected chi connectivity index (χ4v) is 6.02. The Morgan fingerprint density at radius 3 is 2.53 bits per heavy atom. The van der Waals surface area contributed by atoms with E-state index < -0.39 is 10.8 Å². The van der Waals surface area contributed by atoms with Crippen LogP contribution in [0.4, 0.5) is 4.39 Å². The van der Waals surface area contributed by atoms with E-state index in [-0.39, 0.29) is 23.9 Å². The monoisotopic (exact) mass is 508 g/mol. The third kappa shape index (κ3) is 4.27. The number of Topliss-reactive ketones (excluding diaryl/α,β-unsaturated/α-hetero) is 1. The Morgan fingerprint density at radius 2 is 1.82 bits per heavy atom. The number of ketones is 1. The molecule has 2 unspecified atom stereocenters. The fourth-order valence-electron chi connectivity index (χ4n) is 4.04. The molecule has 3 heterocycles. The molecule has 1 N–H and O–H groups in total.